The summed E-state index contributed by atoms with van der Waals surface area (Å²) in [5.74, 6) is -0.951. The van der Waals surface area contributed by atoms with Crippen molar-refractivity contribution in [2.24, 2.45) is 0 Å². The van der Waals surface area contributed by atoms with Crippen molar-refractivity contribution in [3.8, 4) is 0 Å². The van der Waals surface area contributed by atoms with E-state index in [0.29, 0.717) is 6.42 Å². The van der Waals surface area contributed by atoms with Gasteiger partial charge in [0, 0.05) is 6.42 Å². The van der Waals surface area contributed by atoms with Crippen molar-refractivity contribution in [2.75, 3.05) is 0 Å². The molecule has 0 aliphatic heterocycles. The van der Waals surface area contributed by atoms with E-state index in [4.69, 9.17) is 0 Å². The van der Waals surface area contributed by atoms with E-state index in [0.717, 1.165) is 35.2 Å². The van der Waals surface area contributed by atoms with Gasteiger partial charge in [-0.2, -0.15) is 0 Å². The molecule has 1 N–H and O–H groups in total. The Morgan fingerprint density at radius 1 is 1.15 bits per heavy atom. The first-order chi connectivity index (χ1) is 9.48. The molecule has 2 aromatic rings. The second kappa shape index (κ2) is 4.67. The van der Waals surface area contributed by atoms with Gasteiger partial charge in [-0.3, -0.25) is 0 Å². The van der Waals surface area contributed by atoms with Crippen LogP contribution in [0.3, 0.4) is 0 Å². The fraction of sp³-hybridized carbons (Fsp3) is 0.294. The number of aliphatic hydroxyl groups is 1. The van der Waals surface area contributed by atoms with Gasteiger partial charge in [0.1, 0.15) is 11.6 Å². The number of benzene rings is 2. The molecule has 2 aromatic carbocycles. The lowest BCUT2D eigenvalue weighted by atomic mass is 9.88. The molecule has 3 heteroatoms. The van der Waals surface area contributed by atoms with E-state index >= 15 is 0 Å². The number of aryl methyl sites for hydroxylation is 2. The molecule has 1 aliphatic carbocycles. The predicted molar refractivity (Wildman–Crippen MR) is 73.5 cm³/mol. The second-order valence-electron chi connectivity index (χ2n) is 5.60. The average molecular weight is 274 g/mol. The van der Waals surface area contributed by atoms with Crippen LogP contribution in [-0.2, 0) is 18.4 Å². The first-order valence-corrected chi connectivity index (χ1v) is 6.74. The monoisotopic (exact) mass is 274 g/mol. The van der Waals surface area contributed by atoms with Crippen LogP contribution in [0.2, 0.25) is 0 Å². The van der Waals surface area contributed by atoms with E-state index in [1.165, 1.54) is 6.07 Å². The summed E-state index contributed by atoms with van der Waals surface area (Å²) in [6.07, 6.45) is 1.41. The van der Waals surface area contributed by atoms with Gasteiger partial charge in [0.15, 0.2) is 0 Å². The molecule has 0 fully saturated rings. The highest BCUT2D eigenvalue weighted by Gasteiger charge is 2.37. The van der Waals surface area contributed by atoms with Crippen LogP contribution in [0.5, 0.6) is 0 Å². The summed E-state index contributed by atoms with van der Waals surface area (Å²) in [4.78, 5) is 0. The highest BCUT2D eigenvalue weighted by molar-refractivity contribution is 5.41. The average Bonchev–Trinajstić information content (AvgIpc) is 2.72. The Balaban J connectivity index is 2.00. The van der Waals surface area contributed by atoms with E-state index in [9.17, 15) is 13.9 Å². The Kier molecular flexibility index (Phi) is 3.09. The summed E-state index contributed by atoms with van der Waals surface area (Å²) in [5.41, 5.74) is 2.12. The molecule has 0 amide bonds. The molecule has 20 heavy (non-hydrogen) atoms. The highest BCUT2D eigenvalue weighted by Crippen LogP contribution is 2.40. The van der Waals surface area contributed by atoms with Crippen LogP contribution < -0.4 is 0 Å². The van der Waals surface area contributed by atoms with E-state index in [1.807, 2.05) is 25.1 Å². The van der Waals surface area contributed by atoms with Gasteiger partial charge in [0.2, 0.25) is 0 Å². The Morgan fingerprint density at radius 2 is 1.95 bits per heavy atom. The number of fused-ring (bicyclic) bond motifs is 1. The van der Waals surface area contributed by atoms with E-state index < -0.39 is 17.2 Å². The van der Waals surface area contributed by atoms with Crippen molar-refractivity contribution in [3.05, 3.63) is 70.3 Å². The summed E-state index contributed by atoms with van der Waals surface area (Å²) in [6.45, 7) is 1.96. The molecule has 1 aliphatic rings. The van der Waals surface area contributed by atoms with Gasteiger partial charge in [-0.15, -0.1) is 0 Å². The van der Waals surface area contributed by atoms with Crippen LogP contribution >= 0.6 is 0 Å². The van der Waals surface area contributed by atoms with Gasteiger partial charge in [-0.1, -0.05) is 23.8 Å². The molecule has 104 valence electrons. The lowest BCUT2D eigenvalue weighted by Crippen LogP contribution is -2.26. The maximum Gasteiger partial charge on any atom is 0.126 e. The number of hydrogen-bond acceptors (Lipinski definition) is 1. The first kappa shape index (κ1) is 13.3. The first-order valence-electron chi connectivity index (χ1n) is 6.74. The minimum absolute atomic E-state index is 0.104. The molecule has 0 saturated heterocycles. The van der Waals surface area contributed by atoms with Gasteiger partial charge in [0.25, 0.3) is 0 Å². The van der Waals surface area contributed by atoms with Crippen molar-refractivity contribution in [2.45, 2.75) is 31.8 Å². The predicted octanol–water partition coefficient (Wildman–Crippen LogP) is 3.65. The minimum atomic E-state index is -1.10. The van der Waals surface area contributed by atoms with Crippen molar-refractivity contribution in [1.82, 2.24) is 0 Å². The standard InChI is InChI=1S/C17H16F2O/c1-11-2-3-12-6-7-17(20,15(12)8-11)10-13-9-14(18)4-5-16(13)19/h2-5,8-9,20H,6-7,10H2,1H3. The minimum Gasteiger partial charge on any atom is -0.385 e. The summed E-state index contributed by atoms with van der Waals surface area (Å²) < 4.78 is 27.0. The van der Waals surface area contributed by atoms with E-state index in [-0.39, 0.29) is 12.0 Å². The number of rotatable bonds is 2. The Hall–Kier alpha value is -1.74. The molecule has 1 nitrogen and oxygen atoms in total. The summed E-state index contributed by atoms with van der Waals surface area (Å²) in [5, 5.41) is 10.8. The Bertz CT molecular complexity index is 666. The van der Waals surface area contributed by atoms with Crippen molar-refractivity contribution in [1.29, 1.82) is 0 Å². The molecule has 0 aromatic heterocycles. The van der Waals surface area contributed by atoms with E-state index in [2.05, 4.69) is 0 Å². The smallest absolute Gasteiger partial charge is 0.126 e. The molecule has 0 bridgehead atoms. The van der Waals surface area contributed by atoms with E-state index in [1.54, 1.807) is 0 Å². The molecule has 0 heterocycles. The van der Waals surface area contributed by atoms with Gasteiger partial charge in [0.05, 0.1) is 5.60 Å². The molecular weight excluding hydrogens is 258 g/mol. The third-order valence-corrected chi connectivity index (χ3v) is 4.07. The zero-order chi connectivity index (χ0) is 14.3. The van der Waals surface area contributed by atoms with Gasteiger partial charge in [-0.25, -0.2) is 8.78 Å². The fourth-order valence-electron chi connectivity index (χ4n) is 3.00. The molecule has 0 radical (unpaired) electrons. The molecule has 1 atom stereocenters. The topological polar surface area (TPSA) is 20.2 Å². The molecular formula is C17H16F2O. The normalized spacial score (nSPS) is 21.0. The van der Waals surface area contributed by atoms with Crippen LogP contribution in [-0.4, -0.2) is 5.11 Å². The van der Waals surface area contributed by atoms with Gasteiger partial charge in [-0.05, 0) is 54.7 Å². The van der Waals surface area contributed by atoms with Crippen LogP contribution in [0.25, 0.3) is 0 Å². The largest absolute Gasteiger partial charge is 0.385 e. The maximum absolute atomic E-state index is 13.8. The molecule has 1 unspecified atom stereocenters. The summed E-state index contributed by atoms with van der Waals surface area (Å²) in [6, 6.07) is 9.33. The zero-order valence-electron chi connectivity index (χ0n) is 11.3. The summed E-state index contributed by atoms with van der Waals surface area (Å²) >= 11 is 0. The van der Waals surface area contributed by atoms with Crippen LogP contribution in [0.4, 0.5) is 8.78 Å². The van der Waals surface area contributed by atoms with Crippen molar-refractivity contribution >= 4 is 0 Å². The highest BCUT2D eigenvalue weighted by atomic mass is 19.1. The lowest BCUT2D eigenvalue weighted by molar-refractivity contribution is 0.0380. The van der Waals surface area contributed by atoms with Crippen LogP contribution in [0.1, 0.15) is 28.7 Å². The quantitative estimate of drug-likeness (QED) is 0.886. The Labute approximate surface area is 116 Å². The molecule has 0 saturated carbocycles. The van der Waals surface area contributed by atoms with Gasteiger partial charge < -0.3 is 5.11 Å². The molecule has 3 rings (SSSR count). The summed E-state index contributed by atoms with van der Waals surface area (Å²) in [7, 11) is 0. The Morgan fingerprint density at radius 3 is 2.75 bits per heavy atom. The third kappa shape index (κ3) is 2.22. The van der Waals surface area contributed by atoms with Gasteiger partial charge >= 0.3 is 0 Å². The number of halogens is 2. The molecule has 0 spiro atoms. The number of hydrogen-bond donors (Lipinski definition) is 1. The van der Waals surface area contributed by atoms with Crippen molar-refractivity contribution in [3.63, 3.8) is 0 Å². The second-order valence-corrected chi connectivity index (χ2v) is 5.60. The fourth-order valence-corrected chi connectivity index (χ4v) is 3.00. The zero-order valence-corrected chi connectivity index (χ0v) is 11.3. The van der Waals surface area contributed by atoms with Crippen LogP contribution in [0, 0.1) is 18.6 Å². The van der Waals surface area contributed by atoms with Crippen molar-refractivity contribution < 1.29 is 13.9 Å². The van der Waals surface area contributed by atoms with Crippen LogP contribution in [0.15, 0.2) is 36.4 Å². The third-order valence-electron chi connectivity index (χ3n) is 4.07. The lowest BCUT2D eigenvalue weighted by Gasteiger charge is -2.25. The maximum atomic E-state index is 13.8. The SMILES string of the molecule is Cc1ccc2c(c1)C(O)(Cc1cc(F)ccc1F)CC2.